The Kier molecular flexibility index (Phi) is 4.89. The summed E-state index contributed by atoms with van der Waals surface area (Å²) < 4.78 is 39.6. The lowest BCUT2D eigenvalue weighted by atomic mass is 10.2. The topological polar surface area (TPSA) is 66.0 Å². The summed E-state index contributed by atoms with van der Waals surface area (Å²) in [5.41, 5.74) is 1.34. The van der Waals surface area contributed by atoms with Crippen LogP contribution in [0.4, 0.5) is 8.78 Å². The van der Waals surface area contributed by atoms with E-state index in [4.69, 9.17) is 9.26 Å². The standard InChI is InChI=1S/C17H18F2N4O2/c1-10(2)8-23-15(9-24-3)13(7-20-23)17-21-16(22-25-17)12-6-11(18)4-5-14(12)19/h4-7,10H,8-9H2,1-3H3. The van der Waals surface area contributed by atoms with Gasteiger partial charge in [-0.15, -0.1) is 0 Å². The summed E-state index contributed by atoms with van der Waals surface area (Å²) in [4.78, 5) is 4.19. The van der Waals surface area contributed by atoms with Crippen LogP contribution in [0.15, 0.2) is 28.9 Å². The first-order chi connectivity index (χ1) is 12.0. The van der Waals surface area contributed by atoms with Crippen LogP contribution in [0.2, 0.25) is 0 Å². The van der Waals surface area contributed by atoms with Crippen molar-refractivity contribution in [2.45, 2.75) is 27.0 Å². The monoisotopic (exact) mass is 348 g/mol. The van der Waals surface area contributed by atoms with Gasteiger partial charge in [0.1, 0.15) is 11.6 Å². The van der Waals surface area contributed by atoms with E-state index < -0.39 is 11.6 Å². The number of aromatic nitrogens is 4. The molecule has 2 aromatic heterocycles. The molecule has 2 heterocycles. The van der Waals surface area contributed by atoms with Crippen molar-refractivity contribution in [3.63, 3.8) is 0 Å². The molecule has 3 rings (SSSR count). The van der Waals surface area contributed by atoms with Gasteiger partial charge in [-0.2, -0.15) is 10.1 Å². The lowest BCUT2D eigenvalue weighted by Crippen LogP contribution is -2.10. The maximum atomic E-state index is 13.9. The van der Waals surface area contributed by atoms with Gasteiger partial charge in [-0.3, -0.25) is 4.68 Å². The van der Waals surface area contributed by atoms with Crippen molar-refractivity contribution in [2.24, 2.45) is 5.92 Å². The lowest BCUT2D eigenvalue weighted by Gasteiger charge is -2.09. The normalized spacial score (nSPS) is 11.4. The van der Waals surface area contributed by atoms with Crippen LogP contribution in [-0.2, 0) is 17.9 Å². The fourth-order valence-electron chi connectivity index (χ4n) is 2.49. The molecule has 0 aliphatic rings. The van der Waals surface area contributed by atoms with E-state index in [9.17, 15) is 8.78 Å². The quantitative estimate of drug-likeness (QED) is 0.680. The van der Waals surface area contributed by atoms with E-state index in [-0.39, 0.29) is 17.3 Å². The van der Waals surface area contributed by atoms with Gasteiger partial charge >= 0.3 is 0 Å². The van der Waals surface area contributed by atoms with Crippen LogP contribution >= 0.6 is 0 Å². The van der Waals surface area contributed by atoms with Crippen LogP contribution in [-0.4, -0.2) is 27.0 Å². The summed E-state index contributed by atoms with van der Waals surface area (Å²) in [5.74, 6) is -0.648. The summed E-state index contributed by atoms with van der Waals surface area (Å²) in [6, 6.07) is 3.09. The fourth-order valence-corrected chi connectivity index (χ4v) is 2.49. The molecule has 132 valence electrons. The molecule has 0 aliphatic carbocycles. The third kappa shape index (κ3) is 3.58. The maximum absolute atomic E-state index is 13.9. The van der Waals surface area contributed by atoms with E-state index in [1.807, 2.05) is 4.68 Å². The molecule has 0 unspecified atom stereocenters. The minimum atomic E-state index is -0.624. The zero-order valence-electron chi connectivity index (χ0n) is 14.2. The zero-order chi connectivity index (χ0) is 18.0. The van der Waals surface area contributed by atoms with Crippen molar-refractivity contribution in [1.29, 1.82) is 0 Å². The molecule has 0 aliphatic heterocycles. The molecule has 0 N–H and O–H groups in total. The highest BCUT2D eigenvalue weighted by Crippen LogP contribution is 2.27. The summed E-state index contributed by atoms with van der Waals surface area (Å²) >= 11 is 0. The van der Waals surface area contributed by atoms with Crippen molar-refractivity contribution in [1.82, 2.24) is 19.9 Å². The number of hydrogen-bond acceptors (Lipinski definition) is 5. The lowest BCUT2D eigenvalue weighted by molar-refractivity contribution is 0.175. The molecule has 0 fully saturated rings. The molecule has 6 nitrogen and oxygen atoms in total. The molecule has 0 atom stereocenters. The van der Waals surface area contributed by atoms with Gasteiger partial charge in [0.05, 0.1) is 29.6 Å². The molecule has 0 radical (unpaired) electrons. The largest absolute Gasteiger partial charge is 0.378 e. The Bertz CT molecular complexity index is 873. The van der Waals surface area contributed by atoms with Gasteiger partial charge in [-0.1, -0.05) is 19.0 Å². The Labute approximate surface area is 143 Å². The minimum Gasteiger partial charge on any atom is -0.378 e. The van der Waals surface area contributed by atoms with Crippen molar-refractivity contribution in [3.8, 4) is 22.8 Å². The molecule has 0 bridgehead atoms. The smallest absolute Gasteiger partial charge is 0.261 e. The number of benzene rings is 1. The molecule has 8 heteroatoms. The van der Waals surface area contributed by atoms with Gasteiger partial charge in [0, 0.05) is 13.7 Å². The second-order valence-electron chi connectivity index (χ2n) is 6.06. The summed E-state index contributed by atoms with van der Waals surface area (Å²) in [5, 5.41) is 8.11. The first-order valence-electron chi connectivity index (χ1n) is 7.82. The molecular weight excluding hydrogens is 330 g/mol. The number of halogens is 2. The van der Waals surface area contributed by atoms with Crippen LogP contribution in [0.1, 0.15) is 19.5 Å². The second-order valence-corrected chi connectivity index (χ2v) is 6.06. The summed E-state index contributed by atoms with van der Waals surface area (Å²) in [6.45, 7) is 5.18. The van der Waals surface area contributed by atoms with Gasteiger partial charge in [0.25, 0.3) is 5.89 Å². The highest BCUT2D eigenvalue weighted by molar-refractivity contribution is 5.61. The Hall–Kier alpha value is -2.61. The molecular formula is C17H18F2N4O2. The number of rotatable bonds is 6. The number of methoxy groups -OCH3 is 1. The van der Waals surface area contributed by atoms with Crippen LogP contribution in [0.5, 0.6) is 0 Å². The van der Waals surface area contributed by atoms with Gasteiger partial charge < -0.3 is 9.26 Å². The first kappa shape index (κ1) is 17.2. The number of hydrogen-bond donors (Lipinski definition) is 0. The maximum Gasteiger partial charge on any atom is 0.261 e. The molecule has 0 spiro atoms. The van der Waals surface area contributed by atoms with E-state index in [0.717, 1.165) is 23.9 Å². The molecule has 0 saturated carbocycles. The molecule has 3 aromatic rings. The van der Waals surface area contributed by atoms with Crippen LogP contribution in [0.25, 0.3) is 22.8 Å². The minimum absolute atomic E-state index is 0.0213. The second kappa shape index (κ2) is 7.10. The average molecular weight is 348 g/mol. The molecule has 0 saturated heterocycles. The predicted molar refractivity (Wildman–Crippen MR) is 86.4 cm³/mol. The van der Waals surface area contributed by atoms with Crippen molar-refractivity contribution < 1.29 is 18.0 Å². The highest BCUT2D eigenvalue weighted by atomic mass is 19.1. The summed E-state index contributed by atoms with van der Waals surface area (Å²) in [7, 11) is 1.58. The highest BCUT2D eigenvalue weighted by Gasteiger charge is 2.20. The first-order valence-corrected chi connectivity index (χ1v) is 7.82. The molecule has 25 heavy (non-hydrogen) atoms. The van der Waals surface area contributed by atoms with E-state index in [1.165, 1.54) is 0 Å². The summed E-state index contributed by atoms with van der Waals surface area (Å²) in [6.07, 6.45) is 1.61. The van der Waals surface area contributed by atoms with E-state index >= 15 is 0 Å². The number of nitrogens with zero attached hydrogens (tertiary/aromatic N) is 4. The van der Waals surface area contributed by atoms with Crippen molar-refractivity contribution in [3.05, 3.63) is 41.7 Å². The van der Waals surface area contributed by atoms with Gasteiger partial charge in [-0.05, 0) is 24.1 Å². The Morgan fingerprint density at radius 3 is 2.76 bits per heavy atom. The van der Waals surface area contributed by atoms with Gasteiger partial charge in [0.15, 0.2) is 0 Å². The Balaban J connectivity index is 2.00. The predicted octanol–water partition coefficient (Wildman–Crippen LogP) is 3.68. The Morgan fingerprint density at radius 1 is 1.24 bits per heavy atom. The Morgan fingerprint density at radius 2 is 2.04 bits per heavy atom. The SMILES string of the molecule is COCc1c(-c2nc(-c3cc(F)ccc3F)no2)cnn1CC(C)C. The van der Waals surface area contributed by atoms with Crippen LogP contribution in [0, 0.1) is 17.6 Å². The molecule has 0 amide bonds. The van der Waals surface area contributed by atoms with E-state index in [1.54, 1.807) is 13.3 Å². The van der Waals surface area contributed by atoms with Gasteiger partial charge in [0.2, 0.25) is 5.82 Å². The van der Waals surface area contributed by atoms with Gasteiger partial charge in [-0.25, -0.2) is 8.78 Å². The van der Waals surface area contributed by atoms with Crippen LogP contribution < -0.4 is 0 Å². The van der Waals surface area contributed by atoms with Crippen molar-refractivity contribution >= 4 is 0 Å². The van der Waals surface area contributed by atoms with E-state index in [0.29, 0.717) is 24.6 Å². The zero-order valence-corrected chi connectivity index (χ0v) is 14.2. The fraction of sp³-hybridized carbons (Fsp3) is 0.353. The average Bonchev–Trinajstić information content (AvgIpc) is 3.17. The molecule has 1 aromatic carbocycles. The third-order valence-corrected chi connectivity index (χ3v) is 3.59. The number of ether oxygens (including phenoxy) is 1. The van der Waals surface area contributed by atoms with E-state index in [2.05, 4.69) is 29.1 Å². The van der Waals surface area contributed by atoms with Crippen molar-refractivity contribution in [2.75, 3.05) is 7.11 Å². The third-order valence-electron chi connectivity index (χ3n) is 3.59. The van der Waals surface area contributed by atoms with Crippen LogP contribution in [0.3, 0.4) is 0 Å².